The summed E-state index contributed by atoms with van der Waals surface area (Å²) in [5.41, 5.74) is 1.99. The number of carbonyl (C=O) groups excluding carboxylic acids is 1. The van der Waals surface area contributed by atoms with E-state index in [0.29, 0.717) is 6.42 Å². The van der Waals surface area contributed by atoms with Crippen LogP contribution in [-0.2, 0) is 14.6 Å². The van der Waals surface area contributed by atoms with Gasteiger partial charge in [-0.3, -0.25) is 10.2 Å². The lowest BCUT2D eigenvalue weighted by Gasteiger charge is -2.08. The molecule has 0 bridgehead atoms. The maximum absolute atomic E-state index is 10.8. The van der Waals surface area contributed by atoms with E-state index < -0.39 is 9.84 Å². The number of carbonyl (C=O) groups is 1. The van der Waals surface area contributed by atoms with E-state index >= 15 is 0 Å². The van der Waals surface area contributed by atoms with Crippen LogP contribution in [0.1, 0.15) is 19.8 Å². The summed E-state index contributed by atoms with van der Waals surface area (Å²) >= 11 is 0. The fourth-order valence-electron chi connectivity index (χ4n) is 1.05. The highest BCUT2D eigenvalue weighted by molar-refractivity contribution is 7.90. The molecule has 13 heavy (non-hydrogen) atoms. The molecule has 0 aromatic heterocycles. The number of hydrazine groups is 1. The van der Waals surface area contributed by atoms with Gasteiger partial charge in [0.05, 0.1) is 5.75 Å². The van der Waals surface area contributed by atoms with Crippen LogP contribution < -0.4 is 11.3 Å². The molecule has 1 unspecified atom stereocenters. The first-order valence-electron chi connectivity index (χ1n) is 4.02. The molecule has 0 aromatic carbocycles. The molecule has 3 N–H and O–H groups in total. The second kappa shape index (κ2) is 5.18. The molecule has 78 valence electrons. The van der Waals surface area contributed by atoms with Crippen molar-refractivity contribution < 1.29 is 13.2 Å². The van der Waals surface area contributed by atoms with Crippen molar-refractivity contribution in [2.24, 2.45) is 11.8 Å². The van der Waals surface area contributed by atoms with E-state index in [1.165, 1.54) is 6.26 Å². The third-order valence-corrected chi connectivity index (χ3v) is 2.79. The summed E-state index contributed by atoms with van der Waals surface area (Å²) in [6.45, 7) is 1.80. The van der Waals surface area contributed by atoms with Crippen molar-refractivity contribution in [1.82, 2.24) is 5.43 Å². The van der Waals surface area contributed by atoms with Crippen molar-refractivity contribution in [2.45, 2.75) is 19.8 Å². The third kappa shape index (κ3) is 7.73. The second-order valence-corrected chi connectivity index (χ2v) is 5.49. The van der Waals surface area contributed by atoms with Gasteiger partial charge in [0.25, 0.3) is 0 Å². The summed E-state index contributed by atoms with van der Waals surface area (Å²) in [7, 11) is -2.94. The van der Waals surface area contributed by atoms with E-state index in [0.717, 1.165) is 0 Å². The predicted molar refractivity (Wildman–Crippen MR) is 50.4 cm³/mol. The van der Waals surface area contributed by atoms with E-state index in [-0.39, 0.29) is 24.0 Å². The Morgan fingerprint density at radius 3 is 2.46 bits per heavy atom. The molecule has 0 aromatic rings. The van der Waals surface area contributed by atoms with Gasteiger partial charge < -0.3 is 0 Å². The Balaban J connectivity index is 3.76. The Morgan fingerprint density at radius 1 is 1.54 bits per heavy atom. The van der Waals surface area contributed by atoms with Gasteiger partial charge in [-0.1, -0.05) is 6.92 Å². The van der Waals surface area contributed by atoms with Crippen LogP contribution in [0, 0.1) is 5.92 Å². The molecule has 0 aliphatic rings. The van der Waals surface area contributed by atoms with Gasteiger partial charge in [0.1, 0.15) is 9.84 Å². The van der Waals surface area contributed by atoms with Crippen LogP contribution in [0.3, 0.4) is 0 Å². The summed E-state index contributed by atoms with van der Waals surface area (Å²) in [6, 6.07) is 0. The van der Waals surface area contributed by atoms with Crippen molar-refractivity contribution in [3.8, 4) is 0 Å². The fraction of sp³-hybridized carbons (Fsp3) is 0.857. The molecule has 1 atom stereocenters. The van der Waals surface area contributed by atoms with E-state index in [4.69, 9.17) is 5.84 Å². The summed E-state index contributed by atoms with van der Waals surface area (Å²) < 4.78 is 21.7. The molecule has 0 spiro atoms. The quantitative estimate of drug-likeness (QED) is 0.360. The first-order valence-corrected chi connectivity index (χ1v) is 6.08. The first kappa shape index (κ1) is 12.4. The van der Waals surface area contributed by atoms with Crippen LogP contribution >= 0.6 is 0 Å². The zero-order valence-electron chi connectivity index (χ0n) is 7.91. The van der Waals surface area contributed by atoms with Gasteiger partial charge in [0.2, 0.25) is 5.91 Å². The number of hydrogen-bond acceptors (Lipinski definition) is 4. The number of hydrogen-bond donors (Lipinski definition) is 2. The lowest BCUT2D eigenvalue weighted by Crippen LogP contribution is -2.30. The molecular weight excluding hydrogens is 192 g/mol. The molecule has 0 fully saturated rings. The lowest BCUT2D eigenvalue weighted by molar-refractivity contribution is -0.121. The van der Waals surface area contributed by atoms with E-state index in [9.17, 15) is 13.2 Å². The molecule has 0 rings (SSSR count). The summed E-state index contributed by atoms with van der Waals surface area (Å²) in [4.78, 5) is 10.7. The van der Waals surface area contributed by atoms with Crippen LogP contribution in [0.25, 0.3) is 0 Å². The molecule has 0 aliphatic carbocycles. The average molecular weight is 208 g/mol. The van der Waals surface area contributed by atoms with Crippen LogP contribution in [0.2, 0.25) is 0 Å². The monoisotopic (exact) mass is 208 g/mol. The topological polar surface area (TPSA) is 89.3 Å². The van der Waals surface area contributed by atoms with Crippen LogP contribution in [0.4, 0.5) is 0 Å². The maximum atomic E-state index is 10.8. The standard InChI is InChI=1S/C7H16N2O3S/c1-6(5-13(2,11)12)3-4-7(10)9-8/h6H,3-5,8H2,1-2H3,(H,9,10). The number of rotatable bonds is 5. The minimum absolute atomic E-state index is 0.00713. The van der Waals surface area contributed by atoms with E-state index in [2.05, 4.69) is 0 Å². The minimum Gasteiger partial charge on any atom is -0.294 e. The van der Waals surface area contributed by atoms with Gasteiger partial charge in [-0.15, -0.1) is 0 Å². The molecule has 0 radical (unpaired) electrons. The maximum Gasteiger partial charge on any atom is 0.233 e. The minimum atomic E-state index is -2.94. The smallest absolute Gasteiger partial charge is 0.233 e. The summed E-state index contributed by atoms with van der Waals surface area (Å²) in [6.07, 6.45) is 2.00. The Kier molecular flexibility index (Phi) is 4.94. The SMILES string of the molecule is CC(CCC(=O)NN)CS(C)(=O)=O. The molecule has 0 saturated heterocycles. The van der Waals surface area contributed by atoms with E-state index in [1.807, 2.05) is 5.43 Å². The van der Waals surface area contributed by atoms with Gasteiger partial charge in [-0.2, -0.15) is 0 Å². The number of sulfone groups is 1. The lowest BCUT2D eigenvalue weighted by atomic mass is 10.1. The zero-order chi connectivity index (χ0) is 10.5. The Hall–Kier alpha value is -0.620. The van der Waals surface area contributed by atoms with Crippen LogP contribution in [0.15, 0.2) is 0 Å². The fourth-order valence-corrected chi connectivity index (χ4v) is 2.25. The molecular formula is C7H16N2O3S. The Labute approximate surface area is 78.6 Å². The van der Waals surface area contributed by atoms with Crippen molar-refractivity contribution in [2.75, 3.05) is 12.0 Å². The van der Waals surface area contributed by atoms with Crippen molar-refractivity contribution in [3.63, 3.8) is 0 Å². The normalized spacial score (nSPS) is 13.8. The first-order chi connectivity index (χ1) is 5.85. The van der Waals surface area contributed by atoms with E-state index in [1.54, 1.807) is 6.92 Å². The highest BCUT2D eigenvalue weighted by atomic mass is 32.2. The van der Waals surface area contributed by atoms with Crippen LogP contribution in [-0.4, -0.2) is 26.3 Å². The molecule has 0 aliphatic heterocycles. The molecule has 1 amide bonds. The number of nitrogens with one attached hydrogen (secondary N) is 1. The van der Waals surface area contributed by atoms with Crippen LogP contribution in [0.5, 0.6) is 0 Å². The van der Waals surface area contributed by atoms with Gasteiger partial charge >= 0.3 is 0 Å². The van der Waals surface area contributed by atoms with Gasteiger partial charge in [0.15, 0.2) is 0 Å². The molecule has 5 nitrogen and oxygen atoms in total. The van der Waals surface area contributed by atoms with Crippen molar-refractivity contribution in [3.05, 3.63) is 0 Å². The highest BCUT2D eigenvalue weighted by Gasteiger charge is 2.11. The van der Waals surface area contributed by atoms with Gasteiger partial charge in [-0.25, -0.2) is 14.3 Å². The summed E-state index contributed by atoms with van der Waals surface area (Å²) in [5.74, 6) is 4.71. The largest absolute Gasteiger partial charge is 0.294 e. The predicted octanol–water partition coefficient (Wildman–Crippen LogP) is -0.563. The Bertz CT molecular complexity index is 261. The molecule has 0 heterocycles. The van der Waals surface area contributed by atoms with Crippen molar-refractivity contribution in [1.29, 1.82) is 0 Å². The molecule has 6 heteroatoms. The zero-order valence-corrected chi connectivity index (χ0v) is 8.73. The third-order valence-electron chi connectivity index (χ3n) is 1.61. The van der Waals surface area contributed by atoms with Gasteiger partial charge in [-0.05, 0) is 12.3 Å². The van der Waals surface area contributed by atoms with Gasteiger partial charge in [0, 0.05) is 12.7 Å². The summed E-state index contributed by atoms with van der Waals surface area (Å²) in [5, 5.41) is 0. The number of nitrogens with two attached hydrogens (primary N) is 1. The average Bonchev–Trinajstić information content (AvgIpc) is 1.97. The molecule has 0 saturated carbocycles. The second-order valence-electron chi connectivity index (χ2n) is 3.30. The van der Waals surface area contributed by atoms with Crippen molar-refractivity contribution >= 4 is 15.7 Å². The highest BCUT2D eigenvalue weighted by Crippen LogP contribution is 2.07. The number of amides is 1. The Morgan fingerprint density at radius 2 is 2.08 bits per heavy atom.